The van der Waals surface area contributed by atoms with Crippen LogP contribution < -0.4 is 0 Å². The van der Waals surface area contributed by atoms with E-state index in [-0.39, 0.29) is 16.9 Å². The number of rotatable bonds is 4. The molecule has 0 unspecified atom stereocenters. The molecule has 0 spiro atoms. The summed E-state index contributed by atoms with van der Waals surface area (Å²) in [6, 6.07) is 6.90. The monoisotopic (exact) mass is 262 g/mol. The summed E-state index contributed by atoms with van der Waals surface area (Å²) < 4.78 is 12.8. The van der Waals surface area contributed by atoms with E-state index in [9.17, 15) is 10.1 Å². The van der Waals surface area contributed by atoms with Gasteiger partial charge in [-0.15, -0.1) is 0 Å². The summed E-state index contributed by atoms with van der Waals surface area (Å²) in [6.45, 7) is 2.00. The standard InChI is InChI=1S/C13H14N2O4/c16-15(17)12-3-1-2-11-10(12)4-6-14(11)7-5-13-18-8-9-19-13/h1-4,6,13H,5,7-9H2. The van der Waals surface area contributed by atoms with Crippen molar-refractivity contribution in [1.82, 2.24) is 4.57 Å². The Kier molecular flexibility index (Phi) is 3.18. The Hall–Kier alpha value is -1.92. The van der Waals surface area contributed by atoms with Gasteiger partial charge in [-0.05, 0) is 12.1 Å². The molecule has 0 saturated carbocycles. The predicted molar refractivity (Wildman–Crippen MR) is 68.9 cm³/mol. The van der Waals surface area contributed by atoms with E-state index in [1.165, 1.54) is 6.07 Å². The number of nitro benzene ring substituents is 1. The fourth-order valence-electron chi connectivity index (χ4n) is 2.38. The lowest BCUT2D eigenvalue weighted by atomic mass is 10.2. The first kappa shape index (κ1) is 12.1. The van der Waals surface area contributed by atoms with Gasteiger partial charge in [-0.2, -0.15) is 0 Å². The third-order valence-electron chi connectivity index (χ3n) is 3.28. The Morgan fingerprint density at radius 3 is 2.84 bits per heavy atom. The van der Waals surface area contributed by atoms with Crippen LogP contribution in [0.15, 0.2) is 30.5 Å². The number of aromatic nitrogens is 1. The van der Waals surface area contributed by atoms with Crippen LogP contribution >= 0.6 is 0 Å². The van der Waals surface area contributed by atoms with E-state index in [0.29, 0.717) is 18.6 Å². The molecule has 0 N–H and O–H groups in total. The number of hydrogen-bond acceptors (Lipinski definition) is 4. The summed E-state index contributed by atoms with van der Waals surface area (Å²) in [7, 11) is 0. The van der Waals surface area contributed by atoms with Gasteiger partial charge >= 0.3 is 0 Å². The summed E-state index contributed by atoms with van der Waals surface area (Å²) in [5, 5.41) is 11.6. The summed E-state index contributed by atoms with van der Waals surface area (Å²) in [4.78, 5) is 10.6. The first-order valence-corrected chi connectivity index (χ1v) is 6.21. The predicted octanol–water partition coefficient (Wildman–Crippen LogP) is 2.31. The van der Waals surface area contributed by atoms with Gasteiger partial charge < -0.3 is 14.0 Å². The summed E-state index contributed by atoms with van der Waals surface area (Å²) >= 11 is 0. The van der Waals surface area contributed by atoms with Crippen molar-refractivity contribution in [3.63, 3.8) is 0 Å². The van der Waals surface area contributed by atoms with Gasteiger partial charge in [0.25, 0.3) is 5.69 Å². The van der Waals surface area contributed by atoms with Crippen LogP contribution in [-0.2, 0) is 16.0 Å². The molecule has 3 rings (SSSR count). The molecular weight excluding hydrogens is 248 g/mol. The van der Waals surface area contributed by atoms with E-state index in [2.05, 4.69) is 0 Å². The maximum atomic E-state index is 10.9. The molecule has 19 heavy (non-hydrogen) atoms. The number of fused-ring (bicyclic) bond motifs is 1. The quantitative estimate of drug-likeness (QED) is 0.626. The lowest BCUT2D eigenvalue weighted by Crippen LogP contribution is -2.11. The fourth-order valence-corrected chi connectivity index (χ4v) is 2.38. The molecule has 1 aromatic carbocycles. The van der Waals surface area contributed by atoms with Crippen molar-refractivity contribution < 1.29 is 14.4 Å². The Morgan fingerprint density at radius 2 is 2.11 bits per heavy atom. The molecule has 2 heterocycles. The van der Waals surface area contributed by atoms with Gasteiger partial charge in [-0.25, -0.2) is 0 Å². The fraction of sp³-hybridized carbons (Fsp3) is 0.385. The molecule has 6 heteroatoms. The molecule has 0 amide bonds. The van der Waals surface area contributed by atoms with Gasteiger partial charge in [0.05, 0.1) is 29.0 Å². The van der Waals surface area contributed by atoms with Gasteiger partial charge in [0.15, 0.2) is 6.29 Å². The lowest BCUT2D eigenvalue weighted by molar-refractivity contribution is -0.383. The van der Waals surface area contributed by atoms with E-state index in [1.54, 1.807) is 12.1 Å². The highest BCUT2D eigenvalue weighted by atomic mass is 16.7. The number of benzene rings is 1. The normalized spacial score (nSPS) is 16.2. The minimum absolute atomic E-state index is 0.143. The van der Waals surface area contributed by atoms with Crippen molar-refractivity contribution in [3.8, 4) is 0 Å². The lowest BCUT2D eigenvalue weighted by Gasteiger charge is -2.10. The Bertz CT molecular complexity index is 602. The van der Waals surface area contributed by atoms with Crippen LogP contribution in [0.4, 0.5) is 5.69 Å². The summed E-state index contributed by atoms with van der Waals surface area (Å²) in [5.74, 6) is 0. The highest BCUT2D eigenvalue weighted by molar-refractivity contribution is 5.89. The van der Waals surface area contributed by atoms with Crippen molar-refractivity contribution in [2.24, 2.45) is 0 Å². The Labute approximate surface area is 109 Å². The molecule has 1 saturated heterocycles. The highest BCUT2D eigenvalue weighted by Crippen LogP contribution is 2.26. The largest absolute Gasteiger partial charge is 0.350 e. The Balaban J connectivity index is 1.84. The number of nitro groups is 1. The molecule has 1 fully saturated rings. The third kappa shape index (κ3) is 2.32. The van der Waals surface area contributed by atoms with Crippen molar-refractivity contribution in [1.29, 1.82) is 0 Å². The molecule has 0 aliphatic carbocycles. The van der Waals surface area contributed by atoms with Gasteiger partial charge in [0.2, 0.25) is 0 Å². The molecule has 1 aromatic heterocycles. The van der Waals surface area contributed by atoms with Crippen LogP contribution in [0.1, 0.15) is 6.42 Å². The zero-order chi connectivity index (χ0) is 13.2. The van der Waals surface area contributed by atoms with Gasteiger partial charge in [-0.1, -0.05) is 6.07 Å². The van der Waals surface area contributed by atoms with Gasteiger partial charge in [0.1, 0.15) is 0 Å². The van der Waals surface area contributed by atoms with Crippen LogP contribution in [0.2, 0.25) is 0 Å². The number of nitrogens with zero attached hydrogens (tertiary/aromatic N) is 2. The minimum Gasteiger partial charge on any atom is -0.350 e. The number of aryl methyl sites for hydroxylation is 1. The third-order valence-corrected chi connectivity index (χ3v) is 3.28. The number of ether oxygens (including phenoxy) is 2. The van der Waals surface area contributed by atoms with Crippen molar-refractivity contribution in [2.75, 3.05) is 13.2 Å². The van der Waals surface area contributed by atoms with Crippen molar-refractivity contribution in [2.45, 2.75) is 19.3 Å². The number of non-ortho nitro benzene ring substituents is 1. The summed E-state index contributed by atoms with van der Waals surface area (Å²) in [5.41, 5.74) is 1.01. The van der Waals surface area contributed by atoms with E-state index >= 15 is 0 Å². The second kappa shape index (κ2) is 4.99. The first-order valence-electron chi connectivity index (χ1n) is 6.21. The maximum absolute atomic E-state index is 10.9. The van der Waals surface area contributed by atoms with Crippen molar-refractivity contribution >= 4 is 16.6 Å². The van der Waals surface area contributed by atoms with Crippen LogP contribution in [0, 0.1) is 10.1 Å². The van der Waals surface area contributed by atoms with E-state index in [0.717, 1.165) is 18.5 Å². The maximum Gasteiger partial charge on any atom is 0.278 e. The molecule has 0 radical (unpaired) electrons. The van der Waals surface area contributed by atoms with E-state index < -0.39 is 0 Å². The second-order valence-corrected chi connectivity index (χ2v) is 4.44. The molecule has 1 aliphatic heterocycles. The van der Waals surface area contributed by atoms with E-state index in [1.807, 2.05) is 16.8 Å². The summed E-state index contributed by atoms with van der Waals surface area (Å²) in [6.07, 6.45) is 2.45. The average molecular weight is 262 g/mol. The molecule has 0 atom stereocenters. The molecule has 1 aliphatic rings. The minimum atomic E-state index is -0.351. The highest BCUT2D eigenvalue weighted by Gasteiger charge is 2.17. The smallest absolute Gasteiger partial charge is 0.278 e. The van der Waals surface area contributed by atoms with Crippen LogP contribution in [0.3, 0.4) is 0 Å². The molecule has 6 nitrogen and oxygen atoms in total. The zero-order valence-electron chi connectivity index (χ0n) is 10.3. The van der Waals surface area contributed by atoms with Crippen LogP contribution in [0.5, 0.6) is 0 Å². The molecule has 100 valence electrons. The van der Waals surface area contributed by atoms with Gasteiger partial charge in [0, 0.05) is 25.2 Å². The number of hydrogen-bond donors (Lipinski definition) is 0. The second-order valence-electron chi connectivity index (χ2n) is 4.44. The topological polar surface area (TPSA) is 66.5 Å². The first-order chi connectivity index (χ1) is 9.25. The Morgan fingerprint density at radius 1 is 1.32 bits per heavy atom. The van der Waals surface area contributed by atoms with Crippen molar-refractivity contribution in [3.05, 3.63) is 40.6 Å². The zero-order valence-corrected chi connectivity index (χ0v) is 10.3. The van der Waals surface area contributed by atoms with Crippen LogP contribution in [0.25, 0.3) is 10.9 Å². The SMILES string of the molecule is O=[N+]([O-])c1cccc2c1ccn2CCC1OCCO1. The average Bonchev–Trinajstić information content (AvgIpc) is 3.05. The van der Waals surface area contributed by atoms with Gasteiger partial charge in [-0.3, -0.25) is 10.1 Å². The van der Waals surface area contributed by atoms with Crippen LogP contribution in [-0.4, -0.2) is 29.0 Å². The molecule has 0 bridgehead atoms. The van der Waals surface area contributed by atoms with E-state index in [4.69, 9.17) is 9.47 Å². The molecule has 2 aromatic rings. The molecular formula is C13H14N2O4.